The maximum absolute atomic E-state index is 11.9. The van der Waals surface area contributed by atoms with E-state index in [1.54, 1.807) is 42.2 Å². The zero-order chi connectivity index (χ0) is 20.1. The molecule has 0 unspecified atom stereocenters. The SMILES string of the molecule is C=CC(=O)Nc1cccc(N(C(=O)O)c2ccnc(Nc3ccn(C)n3)n2)c1. The maximum Gasteiger partial charge on any atom is 0.417 e. The first-order valence-corrected chi connectivity index (χ1v) is 8.12. The molecule has 0 fully saturated rings. The number of nitrogens with zero attached hydrogens (tertiary/aromatic N) is 5. The summed E-state index contributed by atoms with van der Waals surface area (Å²) < 4.78 is 1.61. The molecule has 10 heteroatoms. The number of anilines is 5. The van der Waals surface area contributed by atoms with Crippen LogP contribution in [0.1, 0.15) is 0 Å². The summed E-state index contributed by atoms with van der Waals surface area (Å²) in [5.74, 6) is 0.449. The van der Waals surface area contributed by atoms with Crippen molar-refractivity contribution in [3.8, 4) is 0 Å². The van der Waals surface area contributed by atoms with Crippen molar-refractivity contribution < 1.29 is 14.7 Å². The van der Waals surface area contributed by atoms with Crippen molar-refractivity contribution in [1.29, 1.82) is 0 Å². The van der Waals surface area contributed by atoms with Crippen LogP contribution in [-0.2, 0) is 11.8 Å². The van der Waals surface area contributed by atoms with E-state index < -0.39 is 12.0 Å². The van der Waals surface area contributed by atoms with Crippen molar-refractivity contribution >= 4 is 41.0 Å². The van der Waals surface area contributed by atoms with E-state index in [9.17, 15) is 14.7 Å². The highest BCUT2D eigenvalue weighted by Gasteiger charge is 2.19. The molecule has 0 radical (unpaired) electrons. The van der Waals surface area contributed by atoms with Crippen LogP contribution in [-0.4, -0.2) is 36.9 Å². The first kappa shape index (κ1) is 18.6. The molecule has 142 valence electrons. The molecule has 28 heavy (non-hydrogen) atoms. The summed E-state index contributed by atoms with van der Waals surface area (Å²) in [6.45, 7) is 3.39. The van der Waals surface area contributed by atoms with Gasteiger partial charge in [0.2, 0.25) is 11.9 Å². The number of aryl methyl sites for hydroxylation is 1. The summed E-state index contributed by atoms with van der Waals surface area (Å²) in [5, 5.41) is 19.4. The second-order valence-corrected chi connectivity index (χ2v) is 5.60. The van der Waals surface area contributed by atoms with Crippen LogP contribution in [0.15, 0.2) is 61.4 Å². The molecule has 3 N–H and O–H groups in total. The third kappa shape index (κ3) is 4.30. The van der Waals surface area contributed by atoms with E-state index in [1.807, 2.05) is 0 Å². The number of rotatable bonds is 6. The predicted octanol–water partition coefficient (Wildman–Crippen LogP) is 2.89. The Labute approximate surface area is 160 Å². The Bertz CT molecular complexity index is 1030. The fraction of sp³-hybridized carbons (Fsp3) is 0.0556. The van der Waals surface area contributed by atoms with Gasteiger partial charge >= 0.3 is 6.09 Å². The molecular formula is C18H17N7O3. The van der Waals surface area contributed by atoms with Gasteiger partial charge in [0.15, 0.2) is 5.82 Å². The molecule has 0 aliphatic carbocycles. The second-order valence-electron chi connectivity index (χ2n) is 5.60. The molecule has 3 aromatic rings. The molecule has 2 heterocycles. The van der Waals surface area contributed by atoms with Gasteiger partial charge in [-0.2, -0.15) is 10.1 Å². The molecule has 0 aliphatic rings. The number of carbonyl (C=O) groups excluding carboxylic acids is 1. The van der Waals surface area contributed by atoms with Crippen molar-refractivity contribution in [2.75, 3.05) is 15.5 Å². The van der Waals surface area contributed by atoms with Crippen LogP contribution in [0.2, 0.25) is 0 Å². The zero-order valence-electron chi connectivity index (χ0n) is 14.9. The molecule has 3 rings (SSSR count). The van der Waals surface area contributed by atoms with E-state index in [4.69, 9.17) is 0 Å². The van der Waals surface area contributed by atoms with Gasteiger partial charge in [-0.1, -0.05) is 12.6 Å². The maximum atomic E-state index is 11.9. The number of hydrogen-bond acceptors (Lipinski definition) is 6. The normalized spacial score (nSPS) is 10.2. The molecular weight excluding hydrogens is 362 g/mol. The molecule has 0 aliphatic heterocycles. The summed E-state index contributed by atoms with van der Waals surface area (Å²) >= 11 is 0. The van der Waals surface area contributed by atoms with Crippen molar-refractivity contribution in [2.45, 2.75) is 0 Å². The summed E-state index contributed by atoms with van der Waals surface area (Å²) in [4.78, 5) is 32.7. The van der Waals surface area contributed by atoms with Gasteiger partial charge in [0, 0.05) is 37.3 Å². The molecule has 0 saturated carbocycles. The Balaban J connectivity index is 1.91. The van der Waals surface area contributed by atoms with E-state index >= 15 is 0 Å². The Hall–Kier alpha value is -4.21. The Morgan fingerprint density at radius 3 is 2.79 bits per heavy atom. The van der Waals surface area contributed by atoms with Crippen LogP contribution in [0, 0.1) is 0 Å². The van der Waals surface area contributed by atoms with E-state index in [1.165, 1.54) is 18.3 Å². The number of nitrogens with one attached hydrogen (secondary N) is 2. The quantitative estimate of drug-likeness (QED) is 0.562. The third-order valence-corrected chi connectivity index (χ3v) is 3.57. The van der Waals surface area contributed by atoms with Gasteiger partial charge in [0.25, 0.3) is 0 Å². The average molecular weight is 379 g/mol. The smallest absolute Gasteiger partial charge is 0.417 e. The number of carbonyl (C=O) groups is 2. The summed E-state index contributed by atoms with van der Waals surface area (Å²) in [6.07, 6.45) is 3.07. The zero-order valence-corrected chi connectivity index (χ0v) is 14.9. The fourth-order valence-electron chi connectivity index (χ4n) is 2.39. The molecule has 0 atom stereocenters. The van der Waals surface area contributed by atoms with Gasteiger partial charge in [0.05, 0.1) is 5.69 Å². The number of carboxylic acid groups (broad SMARTS) is 1. The highest BCUT2D eigenvalue weighted by molar-refractivity contribution is 6.00. The molecule has 0 saturated heterocycles. The van der Waals surface area contributed by atoms with E-state index in [0.29, 0.717) is 17.2 Å². The number of aromatic nitrogens is 4. The lowest BCUT2D eigenvalue weighted by Gasteiger charge is -2.19. The van der Waals surface area contributed by atoms with Crippen molar-refractivity contribution in [2.24, 2.45) is 7.05 Å². The standard InChI is InChI=1S/C18H17N7O3/c1-3-16(26)20-12-5-4-6-13(11-12)25(18(27)28)15-7-9-19-17(22-15)21-14-8-10-24(2)23-14/h3-11H,1H2,2H3,(H,20,26)(H,27,28)(H,19,21,22,23). The summed E-state index contributed by atoms with van der Waals surface area (Å²) in [5.41, 5.74) is 0.728. The van der Waals surface area contributed by atoms with Gasteiger partial charge in [-0.3, -0.25) is 9.48 Å². The minimum atomic E-state index is -1.24. The van der Waals surface area contributed by atoms with Gasteiger partial charge in [-0.05, 0) is 24.3 Å². The highest BCUT2D eigenvalue weighted by Crippen LogP contribution is 2.27. The largest absolute Gasteiger partial charge is 0.464 e. The van der Waals surface area contributed by atoms with Crippen LogP contribution < -0.4 is 15.5 Å². The van der Waals surface area contributed by atoms with Gasteiger partial charge in [-0.25, -0.2) is 14.7 Å². The lowest BCUT2D eigenvalue weighted by atomic mass is 10.2. The Morgan fingerprint density at radius 1 is 1.29 bits per heavy atom. The minimum Gasteiger partial charge on any atom is -0.464 e. The fourth-order valence-corrected chi connectivity index (χ4v) is 2.39. The van der Waals surface area contributed by atoms with Gasteiger partial charge < -0.3 is 15.7 Å². The first-order valence-electron chi connectivity index (χ1n) is 8.12. The molecule has 2 aromatic heterocycles. The van der Waals surface area contributed by atoms with Crippen LogP contribution in [0.4, 0.5) is 33.8 Å². The van der Waals surface area contributed by atoms with Crippen LogP contribution in [0.3, 0.4) is 0 Å². The number of amides is 2. The Kier molecular flexibility index (Phi) is 5.30. The average Bonchev–Trinajstić information content (AvgIpc) is 3.07. The van der Waals surface area contributed by atoms with Crippen LogP contribution in [0.25, 0.3) is 0 Å². The monoisotopic (exact) mass is 379 g/mol. The summed E-state index contributed by atoms with van der Waals surface area (Å²) in [7, 11) is 1.77. The van der Waals surface area contributed by atoms with Crippen LogP contribution >= 0.6 is 0 Å². The van der Waals surface area contributed by atoms with Crippen molar-refractivity contribution in [1.82, 2.24) is 19.7 Å². The van der Waals surface area contributed by atoms with Crippen molar-refractivity contribution in [3.05, 3.63) is 61.4 Å². The lowest BCUT2D eigenvalue weighted by Crippen LogP contribution is -2.25. The molecule has 2 amide bonds. The highest BCUT2D eigenvalue weighted by atomic mass is 16.4. The minimum absolute atomic E-state index is 0.133. The van der Waals surface area contributed by atoms with E-state index in [-0.39, 0.29) is 11.8 Å². The second kappa shape index (κ2) is 7.99. The molecule has 10 nitrogen and oxygen atoms in total. The predicted molar refractivity (Wildman–Crippen MR) is 104 cm³/mol. The van der Waals surface area contributed by atoms with E-state index in [0.717, 1.165) is 11.0 Å². The Morgan fingerprint density at radius 2 is 2.11 bits per heavy atom. The molecule has 1 aromatic carbocycles. The van der Waals surface area contributed by atoms with Crippen molar-refractivity contribution in [3.63, 3.8) is 0 Å². The number of benzene rings is 1. The van der Waals surface area contributed by atoms with Gasteiger partial charge in [0.1, 0.15) is 5.82 Å². The number of hydrogen-bond donors (Lipinski definition) is 3. The molecule has 0 bridgehead atoms. The lowest BCUT2D eigenvalue weighted by molar-refractivity contribution is -0.111. The summed E-state index contributed by atoms with van der Waals surface area (Å²) in [6, 6.07) is 9.57. The van der Waals surface area contributed by atoms with Gasteiger partial charge in [-0.15, -0.1) is 0 Å². The third-order valence-electron chi connectivity index (χ3n) is 3.57. The molecule has 0 spiro atoms. The van der Waals surface area contributed by atoms with Crippen LogP contribution in [0.5, 0.6) is 0 Å². The first-order chi connectivity index (χ1) is 13.5. The van der Waals surface area contributed by atoms with E-state index in [2.05, 4.69) is 32.3 Å². The topological polar surface area (TPSA) is 125 Å².